The van der Waals surface area contributed by atoms with Gasteiger partial charge in [0, 0.05) is 16.9 Å². The number of carbonyl (C=O) groups excluding carboxylic acids is 4. The van der Waals surface area contributed by atoms with Crippen molar-refractivity contribution in [3.63, 3.8) is 0 Å². The molecule has 1 saturated carbocycles. The summed E-state index contributed by atoms with van der Waals surface area (Å²) in [6, 6.07) is 0. The number of aliphatic hydroxyl groups excluding tert-OH is 2. The molecule has 0 saturated heterocycles. The molecule has 10 nitrogen and oxygen atoms in total. The minimum absolute atomic E-state index is 0.0581. The van der Waals surface area contributed by atoms with Crippen LogP contribution < -0.4 is 0 Å². The molecule has 0 heterocycles. The number of carbonyl (C=O) groups is 4. The molecule has 10 heteroatoms. The molecule has 0 aromatic rings. The molecule has 2 rings (SSSR count). The molecule has 11 atom stereocenters. The van der Waals surface area contributed by atoms with E-state index in [2.05, 4.69) is 6.58 Å². The summed E-state index contributed by atoms with van der Waals surface area (Å²) in [5.74, 6) is -7.47. The Bertz CT molecular complexity index is 1110. The normalized spacial score (nSPS) is 36.3. The van der Waals surface area contributed by atoms with Crippen molar-refractivity contribution in [2.24, 2.45) is 40.9 Å². The fourth-order valence-corrected chi connectivity index (χ4v) is 5.58. The Morgan fingerprint density at radius 3 is 1.93 bits per heavy atom. The van der Waals surface area contributed by atoms with Crippen LogP contribution in [0.15, 0.2) is 24.3 Å². The van der Waals surface area contributed by atoms with E-state index in [1.54, 1.807) is 81.4 Å². The molecule has 2 bridgehead atoms. The molecule has 1 fully saturated rings. The summed E-state index contributed by atoms with van der Waals surface area (Å²) >= 11 is 0. The van der Waals surface area contributed by atoms with Gasteiger partial charge in [-0.05, 0) is 25.2 Å². The highest BCUT2D eigenvalue weighted by Gasteiger charge is 2.58. The first-order valence-corrected chi connectivity index (χ1v) is 15.9. The van der Waals surface area contributed by atoms with E-state index in [9.17, 15) is 34.5 Å². The van der Waals surface area contributed by atoms with Crippen molar-refractivity contribution in [2.75, 3.05) is 0 Å². The number of ketones is 1. The number of esters is 3. The van der Waals surface area contributed by atoms with Crippen LogP contribution in [0.25, 0.3) is 0 Å². The maximum atomic E-state index is 14.2. The lowest BCUT2D eigenvalue weighted by Gasteiger charge is -2.48. The van der Waals surface area contributed by atoms with E-state index in [0.717, 1.165) is 0 Å². The Hall–Kier alpha value is -2.56. The molecular formula is C34H54O10. The predicted molar refractivity (Wildman–Crippen MR) is 164 cm³/mol. The van der Waals surface area contributed by atoms with Crippen molar-refractivity contribution in [1.82, 2.24) is 0 Å². The second-order valence-corrected chi connectivity index (χ2v) is 13.9. The summed E-state index contributed by atoms with van der Waals surface area (Å²) in [6.07, 6.45) is -3.51. The van der Waals surface area contributed by atoms with Gasteiger partial charge in [0.25, 0.3) is 0 Å². The van der Waals surface area contributed by atoms with Crippen LogP contribution in [0.3, 0.4) is 0 Å². The lowest BCUT2D eigenvalue weighted by atomic mass is 9.62. The molecule has 0 aromatic carbocycles. The van der Waals surface area contributed by atoms with Gasteiger partial charge in [0.2, 0.25) is 0 Å². The summed E-state index contributed by atoms with van der Waals surface area (Å²) in [7, 11) is 0. The minimum atomic E-state index is -1.95. The van der Waals surface area contributed by atoms with E-state index in [4.69, 9.17) is 14.2 Å². The number of aliphatic hydroxyl groups is 3. The van der Waals surface area contributed by atoms with Crippen molar-refractivity contribution in [3.05, 3.63) is 24.3 Å². The lowest BCUT2D eigenvalue weighted by Crippen LogP contribution is -2.62. The van der Waals surface area contributed by atoms with Gasteiger partial charge in [0.1, 0.15) is 17.8 Å². The van der Waals surface area contributed by atoms with E-state index >= 15 is 0 Å². The fourth-order valence-electron chi connectivity index (χ4n) is 5.58. The highest BCUT2D eigenvalue weighted by Crippen LogP contribution is 2.44. The standard InChI is InChI=1S/C34H54O10/c1-12-18(5)31(39)42-25-22(9)26(43-30(38)17(3)4)27(44-32(40)19(6)13-2)29(37)33(10,11)15-14-21(8)34(41)16-20(7)24(35)23(25)28(34)36/h14-15,17-21,23-27,29,35,37,41H,9,12-13,16H2,1-8,10-11H3/b15-14+/t18?,19?,20-,21-,23+,24-,25-,26?,27+,29+,34-/m0/s1. The van der Waals surface area contributed by atoms with Crippen molar-refractivity contribution in [2.45, 2.75) is 125 Å². The molecule has 0 spiro atoms. The largest absolute Gasteiger partial charge is 0.457 e. The van der Waals surface area contributed by atoms with Gasteiger partial charge in [-0.1, -0.05) is 88.0 Å². The number of Topliss-reactive ketones (excluding diaryl/α,β-unsaturated/α-hetero) is 1. The zero-order valence-corrected chi connectivity index (χ0v) is 28.0. The second kappa shape index (κ2) is 14.7. The van der Waals surface area contributed by atoms with Crippen LogP contribution in [0.2, 0.25) is 0 Å². The number of rotatable bonds is 8. The molecule has 2 aliphatic carbocycles. The molecule has 0 aromatic heterocycles. The van der Waals surface area contributed by atoms with Gasteiger partial charge in [-0.3, -0.25) is 19.2 Å². The van der Waals surface area contributed by atoms with Gasteiger partial charge in [0.15, 0.2) is 18.0 Å². The summed E-state index contributed by atoms with van der Waals surface area (Å²) in [6.45, 7) is 20.9. The summed E-state index contributed by atoms with van der Waals surface area (Å²) < 4.78 is 17.7. The Labute approximate surface area is 262 Å². The molecular weight excluding hydrogens is 568 g/mol. The van der Waals surface area contributed by atoms with Crippen LogP contribution >= 0.6 is 0 Å². The number of hydrogen-bond acceptors (Lipinski definition) is 10. The number of ether oxygens (including phenoxy) is 3. The van der Waals surface area contributed by atoms with Crippen LogP contribution in [0.5, 0.6) is 0 Å². The molecule has 0 amide bonds. The van der Waals surface area contributed by atoms with Crippen molar-refractivity contribution in [1.29, 1.82) is 0 Å². The average Bonchev–Trinajstić information content (AvgIpc) is 2.97. The van der Waals surface area contributed by atoms with Crippen LogP contribution in [-0.4, -0.2) is 75.1 Å². The maximum absolute atomic E-state index is 14.2. The quantitative estimate of drug-likeness (QED) is 0.206. The predicted octanol–water partition coefficient (Wildman–Crippen LogP) is 3.94. The van der Waals surface area contributed by atoms with E-state index in [-0.39, 0.29) is 12.0 Å². The molecule has 0 radical (unpaired) electrons. The topological polar surface area (TPSA) is 157 Å². The third-order valence-corrected chi connectivity index (χ3v) is 9.55. The zero-order valence-electron chi connectivity index (χ0n) is 28.0. The van der Waals surface area contributed by atoms with Crippen molar-refractivity contribution < 1.29 is 48.7 Å². The van der Waals surface area contributed by atoms with Gasteiger partial charge in [0.05, 0.1) is 29.8 Å². The molecule has 3 N–H and O–H groups in total. The highest BCUT2D eigenvalue weighted by atomic mass is 16.6. The summed E-state index contributed by atoms with van der Waals surface area (Å²) in [4.78, 5) is 53.9. The van der Waals surface area contributed by atoms with Crippen LogP contribution in [0.4, 0.5) is 0 Å². The first-order valence-electron chi connectivity index (χ1n) is 15.9. The Balaban J connectivity index is 2.96. The van der Waals surface area contributed by atoms with Gasteiger partial charge < -0.3 is 29.5 Å². The van der Waals surface area contributed by atoms with Gasteiger partial charge >= 0.3 is 17.9 Å². The summed E-state index contributed by atoms with van der Waals surface area (Å²) in [5, 5.41) is 35.2. The lowest BCUT2D eigenvalue weighted by molar-refractivity contribution is -0.190. The van der Waals surface area contributed by atoms with E-state index in [0.29, 0.717) is 12.8 Å². The van der Waals surface area contributed by atoms with Crippen LogP contribution in [0.1, 0.15) is 88.5 Å². The van der Waals surface area contributed by atoms with Gasteiger partial charge in [-0.15, -0.1) is 0 Å². The minimum Gasteiger partial charge on any atom is -0.457 e. The second-order valence-electron chi connectivity index (χ2n) is 13.9. The zero-order chi connectivity index (χ0) is 33.9. The third kappa shape index (κ3) is 7.80. The molecule has 44 heavy (non-hydrogen) atoms. The average molecular weight is 623 g/mol. The number of fused-ring (bicyclic) bond motifs is 2. The monoisotopic (exact) mass is 622 g/mol. The van der Waals surface area contributed by atoms with E-state index in [1.807, 2.05) is 0 Å². The highest BCUT2D eigenvalue weighted by molar-refractivity contribution is 5.92. The Morgan fingerprint density at radius 1 is 0.932 bits per heavy atom. The van der Waals surface area contributed by atoms with Crippen molar-refractivity contribution >= 4 is 23.7 Å². The van der Waals surface area contributed by atoms with Crippen molar-refractivity contribution in [3.8, 4) is 0 Å². The maximum Gasteiger partial charge on any atom is 0.309 e. The van der Waals surface area contributed by atoms with Gasteiger partial charge in [-0.25, -0.2) is 0 Å². The van der Waals surface area contributed by atoms with E-state index < -0.39 is 101 Å². The van der Waals surface area contributed by atoms with Gasteiger partial charge in [-0.2, -0.15) is 0 Å². The Morgan fingerprint density at radius 2 is 1.43 bits per heavy atom. The molecule has 0 aliphatic heterocycles. The van der Waals surface area contributed by atoms with Crippen LogP contribution in [-0.2, 0) is 33.4 Å². The number of hydrogen-bond donors (Lipinski definition) is 3. The first-order chi connectivity index (χ1) is 20.2. The third-order valence-electron chi connectivity index (χ3n) is 9.55. The Kier molecular flexibility index (Phi) is 12.6. The SMILES string of the molecule is C=C1C(OC(=O)C(C)C)[C@@H](OC(=O)C(C)CC)[C@@H](O)C(C)(C)/C=C/[C@H](C)[C@@]2(O)C[C@H](C)[C@H](O)[C@@H](C2=O)[C@H]1OC(=O)C(C)CC. The molecule has 3 unspecified atom stereocenters. The van der Waals surface area contributed by atoms with E-state index in [1.165, 1.54) is 0 Å². The van der Waals surface area contributed by atoms with Crippen LogP contribution in [0, 0.1) is 40.9 Å². The first kappa shape index (κ1) is 37.6. The smallest absolute Gasteiger partial charge is 0.309 e. The molecule has 2 aliphatic rings. The fraction of sp³-hybridized carbons (Fsp3) is 0.765. The summed E-state index contributed by atoms with van der Waals surface area (Å²) in [5.41, 5.74) is -3.25. The molecule has 250 valence electrons.